The van der Waals surface area contributed by atoms with Crippen molar-refractivity contribution >= 4 is 29.5 Å². The number of hydrogen-bond acceptors (Lipinski definition) is 7. The first-order valence-corrected chi connectivity index (χ1v) is 7.59. The first kappa shape index (κ1) is 20.0. The lowest BCUT2D eigenvalue weighted by molar-refractivity contribution is -0.385. The van der Waals surface area contributed by atoms with Crippen LogP contribution in [0.3, 0.4) is 0 Å². The molecule has 0 aliphatic heterocycles. The summed E-state index contributed by atoms with van der Waals surface area (Å²) in [5, 5.41) is 10.9. The van der Waals surface area contributed by atoms with Gasteiger partial charge in [0.15, 0.2) is 5.78 Å². The van der Waals surface area contributed by atoms with Crippen molar-refractivity contribution in [3.8, 4) is 0 Å². The van der Waals surface area contributed by atoms with Crippen molar-refractivity contribution in [2.75, 3.05) is 6.61 Å². The number of esters is 2. The van der Waals surface area contributed by atoms with Crippen molar-refractivity contribution in [1.29, 1.82) is 0 Å². The molecule has 0 aromatic heterocycles. The summed E-state index contributed by atoms with van der Waals surface area (Å²) >= 11 is 0. The van der Waals surface area contributed by atoms with Crippen LogP contribution in [0.15, 0.2) is 30.3 Å². The highest BCUT2D eigenvalue weighted by Crippen LogP contribution is 2.18. The molecule has 0 spiro atoms. The van der Waals surface area contributed by atoms with Gasteiger partial charge in [0.2, 0.25) is 0 Å². The molecule has 134 valence electrons. The van der Waals surface area contributed by atoms with E-state index in [1.807, 2.05) is 0 Å². The van der Waals surface area contributed by atoms with Crippen molar-refractivity contribution in [1.82, 2.24) is 0 Å². The smallest absolute Gasteiger partial charge is 0.313 e. The minimum atomic E-state index is -0.783. The number of allylic oxidation sites excluding steroid dienone is 1. The van der Waals surface area contributed by atoms with Crippen molar-refractivity contribution < 1.29 is 28.8 Å². The van der Waals surface area contributed by atoms with Crippen LogP contribution in [-0.2, 0) is 23.9 Å². The molecule has 0 unspecified atom stereocenters. The first-order chi connectivity index (χ1) is 11.8. The fourth-order valence-electron chi connectivity index (χ4n) is 1.80. The van der Waals surface area contributed by atoms with Gasteiger partial charge < -0.3 is 9.47 Å². The van der Waals surface area contributed by atoms with E-state index in [4.69, 9.17) is 9.47 Å². The molecule has 1 aromatic rings. The summed E-state index contributed by atoms with van der Waals surface area (Å²) in [7, 11) is 0. The van der Waals surface area contributed by atoms with Gasteiger partial charge in [0.25, 0.3) is 5.69 Å². The summed E-state index contributed by atoms with van der Waals surface area (Å²) in [5.41, 5.74) is 0.114. The average Bonchev–Trinajstić information content (AvgIpc) is 2.52. The van der Waals surface area contributed by atoms with E-state index in [-0.39, 0.29) is 30.4 Å². The van der Waals surface area contributed by atoms with E-state index in [1.54, 1.807) is 19.9 Å². The van der Waals surface area contributed by atoms with Gasteiger partial charge in [0.05, 0.1) is 23.0 Å². The van der Waals surface area contributed by atoms with Crippen LogP contribution in [0.1, 0.15) is 32.3 Å². The Kier molecular flexibility index (Phi) is 7.98. The summed E-state index contributed by atoms with van der Waals surface area (Å²) < 4.78 is 9.64. The average molecular weight is 349 g/mol. The predicted molar refractivity (Wildman–Crippen MR) is 88.6 cm³/mol. The Hall–Kier alpha value is -3.03. The van der Waals surface area contributed by atoms with E-state index in [0.717, 1.165) is 6.08 Å². The number of carbonyl (C=O) groups is 3. The lowest BCUT2D eigenvalue weighted by Gasteiger charge is -2.07. The van der Waals surface area contributed by atoms with Crippen molar-refractivity contribution in [2.45, 2.75) is 32.8 Å². The van der Waals surface area contributed by atoms with Gasteiger partial charge in [-0.05, 0) is 32.1 Å². The Bertz CT molecular complexity index is 679. The zero-order valence-corrected chi connectivity index (χ0v) is 14.0. The molecule has 25 heavy (non-hydrogen) atoms. The highest BCUT2D eigenvalue weighted by atomic mass is 16.6. The number of hydrogen-bond donors (Lipinski definition) is 0. The Morgan fingerprint density at radius 3 is 2.52 bits per heavy atom. The second-order valence-electron chi connectivity index (χ2n) is 5.30. The number of nitrogens with zero attached hydrogens (tertiary/aromatic N) is 1. The highest BCUT2D eigenvalue weighted by molar-refractivity contribution is 6.04. The Labute approximate surface area is 144 Å². The number of carbonyl (C=O) groups excluding carboxylic acids is 3. The number of ketones is 1. The molecule has 0 N–H and O–H groups in total. The fraction of sp³-hybridized carbons (Fsp3) is 0.353. The third-order valence-electron chi connectivity index (χ3n) is 2.84. The van der Waals surface area contributed by atoms with Crippen LogP contribution < -0.4 is 0 Å². The molecule has 0 aliphatic rings. The second kappa shape index (κ2) is 9.96. The van der Waals surface area contributed by atoms with E-state index in [2.05, 4.69) is 0 Å². The minimum Gasteiger partial charge on any atom is -0.465 e. The molecule has 8 nitrogen and oxygen atoms in total. The number of para-hydroxylation sites is 1. The van der Waals surface area contributed by atoms with Crippen LogP contribution in [0, 0.1) is 10.1 Å². The molecular formula is C17H19NO7. The van der Waals surface area contributed by atoms with Gasteiger partial charge >= 0.3 is 11.9 Å². The summed E-state index contributed by atoms with van der Waals surface area (Å²) in [4.78, 5) is 44.8. The van der Waals surface area contributed by atoms with Gasteiger partial charge in [0.1, 0.15) is 13.0 Å². The van der Waals surface area contributed by atoms with E-state index >= 15 is 0 Å². The normalized spacial score (nSPS) is 10.7. The van der Waals surface area contributed by atoms with Gasteiger partial charge in [-0.25, -0.2) is 0 Å². The summed E-state index contributed by atoms with van der Waals surface area (Å²) in [6.45, 7) is 3.23. The SMILES string of the molecule is CC(C)OC(=O)CCOC(=O)CC(=O)C=Cc1ccccc1[N+](=O)[O-]. The molecule has 0 atom stereocenters. The zero-order valence-electron chi connectivity index (χ0n) is 14.0. The fourth-order valence-corrected chi connectivity index (χ4v) is 1.80. The molecule has 0 saturated heterocycles. The number of benzene rings is 1. The molecular weight excluding hydrogens is 330 g/mol. The van der Waals surface area contributed by atoms with Crippen LogP contribution in [0.5, 0.6) is 0 Å². The summed E-state index contributed by atoms with van der Waals surface area (Å²) in [6.07, 6.45) is 1.49. The molecule has 0 bridgehead atoms. The van der Waals surface area contributed by atoms with Crippen LogP contribution in [0.25, 0.3) is 6.08 Å². The molecule has 0 fully saturated rings. The first-order valence-electron chi connectivity index (χ1n) is 7.59. The van der Waals surface area contributed by atoms with Gasteiger partial charge in [-0.1, -0.05) is 12.1 Å². The number of rotatable bonds is 9. The standard InChI is InChI=1S/C17H19NO7/c1-12(2)25-16(20)9-10-24-17(21)11-14(19)8-7-13-5-3-4-6-15(13)18(22)23/h3-8,12H,9-11H2,1-2H3. The Balaban J connectivity index is 2.45. The number of nitro groups is 1. The summed E-state index contributed by atoms with van der Waals surface area (Å²) in [6, 6.07) is 5.91. The van der Waals surface area contributed by atoms with Gasteiger partial charge in [-0.2, -0.15) is 0 Å². The van der Waals surface area contributed by atoms with Gasteiger partial charge in [-0.15, -0.1) is 0 Å². The van der Waals surface area contributed by atoms with Crippen LogP contribution in [-0.4, -0.2) is 35.4 Å². The zero-order chi connectivity index (χ0) is 18.8. The summed E-state index contributed by atoms with van der Waals surface area (Å²) in [5.74, 6) is -1.84. The Morgan fingerprint density at radius 1 is 1.20 bits per heavy atom. The van der Waals surface area contributed by atoms with Crippen LogP contribution in [0.4, 0.5) is 5.69 Å². The topological polar surface area (TPSA) is 113 Å². The number of ether oxygens (including phenoxy) is 2. The van der Waals surface area contributed by atoms with E-state index in [1.165, 1.54) is 24.3 Å². The maximum atomic E-state index is 11.7. The van der Waals surface area contributed by atoms with E-state index in [9.17, 15) is 24.5 Å². The Morgan fingerprint density at radius 2 is 1.88 bits per heavy atom. The lowest BCUT2D eigenvalue weighted by atomic mass is 10.1. The largest absolute Gasteiger partial charge is 0.465 e. The maximum Gasteiger partial charge on any atom is 0.313 e. The third-order valence-corrected chi connectivity index (χ3v) is 2.84. The predicted octanol–water partition coefficient (Wildman–Crippen LogP) is 2.45. The van der Waals surface area contributed by atoms with Gasteiger partial charge in [-0.3, -0.25) is 24.5 Å². The van der Waals surface area contributed by atoms with Crippen molar-refractivity contribution in [3.05, 3.63) is 46.0 Å². The van der Waals surface area contributed by atoms with E-state index in [0.29, 0.717) is 0 Å². The van der Waals surface area contributed by atoms with Crippen molar-refractivity contribution in [2.24, 2.45) is 0 Å². The molecule has 8 heteroatoms. The minimum absolute atomic E-state index is 0.0931. The van der Waals surface area contributed by atoms with E-state index < -0.39 is 29.1 Å². The van der Waals surface area contributed by atoms with Crippen LogP contribution >= 0.6 is 0 Å². The molecule has 0 amide bonds. The maximum absolute atomic E-state index is 11.7. The van der Waals surface area contributed by atoms with Crippen molar-refractivity contribution in [3.63, 3.8) is 0 Å². The molecule has 1 aromatic carbocycles. The lowest BCUT2D eigenvalue weighted by Crippen LogP contribution is -2.16. The third kappa shape index (κ3) is 7.87. The monoisotopic (exact) mass is 349 g/mol. The quantitative estimate of drug-likeness (QED) is 0.221. The highest BCUT2D eigenvalue weighted by Gasteiger charge is 2.13. The molecule has 0 radical (unpaired) electrons. The second-order valence-corrected chi connectivity index (χ2v) is 5.30. The molecule has 1 rings (SSSR count). The molecule has 0 heterocycles. The molecule has 0 aliphatic carbocycles. The van der Waals surface area contributed by atoms with Crippen LogP contribution in [0.2, 0.25) is 0 Å². The van der Waals surface area contributed by atoms with Gasteiger partial charge in [0, 0.05) is 6.07 Å². The number of nitro benzene ring substituents is 1. The molecule has 0 saturated carbocycles.